The minimum atomic E-state index is -4.29. The molecule has 1 aliphatic carbocycles. The molecule has 0 aliphatic heterocycles. The van der Waals surface area contributed by atoms with E-state index in [9.17, 15) is 13.2 Å². The van der Waals surface area contributed by atoms with Crippen molar-refractivity contribution in [3.63, 3.8) is 0 Å². The second-order valence-corrected chi connectivity index (χ2v) is 6.22. The van der Waals surface area contributed by atoms with Gasteiger partial charge in [-0.25, -0.2) is 0 Å². The molecule has 0 saturated heterocycles. The van der Waals surface area contributed by atoms with Gasteiger partial charge in [0.25, 0.3) is 0 Å². The Morgan fingerprint density at radius 3 is 2.50 bits per heavy atom. The Morgan fingerprint density at radius 1 is 1.20 bits per heavy atom. The molecule has 0 amide bonds. The minimum Gasteiger partial charge on any atom is -0.321 e. The summed E-state index contributed by atoms with van der Waals surface area (Å²) < 4.78 is 38.2. The van der Waals surface area contributed by atoms with E-state index in [4.69, 9.17) is 5.73 Å². The van der Waals surface area contributed by atoms with Crippen molar-refractivity contribution in [3.8, 4) is 0 Å². The maximum absolute atomic E-state index is 12.7. The Bertz CT molecular complexity index is 481. The number of hydrogen-bond donors (Lipinski definition) is 1. The second-order valence-electron chi connectivity index (χ2n) is 6.22. The molecular weight excluding hydrogens is 263 g/mol. The monoisotopic (exact) mass is 285 g/mol. The predicted molar refractivity (Wildman–Crippen MR) is 74.3 cm³/mol. The van der Waals surface area contributed by atoms with Crippen LogP contribution in [-0.2, 0) is 11.7 Å². The normalized spacial score (nSPS) is 28.2. The molecule has 1 nitrogen and oxygen atoms in total. The molecule has 0 bridgehead atoms. The van der Waals surface area contributed by atoms with Gasteiger partial charge in [0, 0.05) is 5.54 Å². The van der Waals surface area contributed by atoms with E-state index in [1.54, 1.807) is 13.0 Å². The van der Waals surface area contributed by atoms with Crippen LogP contribution in [0.5, 0.6) is 0 Å². The van der Waals surface area contributed by atoms with Crippen molar-refractivity contribution in [3.05, 3.63) is 34.9 Å². The van der Waals surface area contributed by atoms with Crippen LogP contribution in [0, 0.1) is 12.8 Å². The number of halogens is 3. The predicted octanol–water partition coefficient (Wildman–Crippen LogP) is 4.77. The Hall–Kier alpha value is -1.03. The molecule has 20 heavy (non-hydrogen) atoms. The molecule has 1 aliphatic rings. The zero-order valence-corrected chi connectivity index (χ0v) is 12.1. The Kier molecular flexibility index (Phi) is 4.14. The molecule has 1 fully saturated rings. The summed E-state index contributed by atoms with van der Waals surface area (Å²) in [6.45, 7) is 3.94. The first-order valence-corrected chi connectivity index (χ1v) is 7.19. The summed E-state index contributed by atoms with van der Waals surface area (Å²) >= 11 is 0. The Balaban J connectivity index is 2.32. The van der Waals surface area contributed by atoms with Gasteiger partial charge >= 0.3 is 6.18 Å². The van der Waals surface area contributed by atoms with Crippen molar-refractivity contribution in [2.45, 2.75) is 57.7 Å². The molecule has 1 saturated carbocycles. The van der Waals surface area contributed by atoms with E-state index in [-0.39, 0.29) is 0 Å². The van der Waals surface area contributed by atoms with E-state index in [0.717, 1.165) is 43.7 Å². The van der Waals surface area contributed by atoms with Crippen LogP contribution >= 0.6 is 0 Å². The smallest absolute Gasteiger partial charge is 0.321 e. The van der Waals surface area contributed by atoms with Crippen LogP contribution in [0.2, 0.25) is 0 Å². The lowest BCUT2D eigenvalue weighted by Crippen LogP contribution is -2.37. The van der Waals surface area contributed by atoms with Gasteiger partial charge in [0.2, 0.25) is 0 Å². The first-order chi connectivity index (χ1) is 9.22. The topological polar surface area (TPSA) is 26.0 Å². The van der Waals surface area contributed by atoms with E-state index in [1.165, 1.54) is 6.07 Å². The quantitative estimate of drug-likeness (QED) is 0.739. The SMILES string of the molecule is Cc1cc(C(F)(F)F)ccc1C1(N)CCCC(C)CC1. The van der Waals surface area contributed by atoms with Crippen LogP contribution in [0.15, 0.2) is 18.2 Å². The maximum Gasteiger partial charge on any atom is 0.416 e. The number of hydrogen-bond acceptors (Lipinski definition) is 1. The van der Waals surface area contributed by atoms with Crippen molar-refractivity contribution in [2.24, 2.45) is 11.7 Å². The number of benzene rings is 1. The fourth-order valence-corrected chi connectivity index (χ4v) is 3.21. The van der Waals surface area contributed by atoms with Gasteiger partial charge in [0.15, 0.2) is 0 Å². The van der Waals surface area contributed by atoms with E-state index in [1.807, 2.05) is 0 Å². The van der Waals surface area contributed by atoms with Gasteiger partial charge in [0.05, 0.1) is 5.56 Å². The van der Waals surface area contributed by atoms with E-state index in [0.29, 0.717) is 11.5 Å². The van der Waals surface area contributed by atoms with Gasteiger partial charge < -0.3 is 5.73 Å². The van der Waals surface area contributed by atoms with Crippen molar-refractivity contribution < 1.29 is 13.2 Å². The average molecular weight is 285 g/mol. The van der Waals surface area contributed by atoms with Crippen LogP contribution in [0.3, 0.4) is 0 Å². The summed E-state index contributed by atoms with van der Waals surface area (Å²) in [4.78, 5) is 0. The number of rotatable bonds is 1. The summed E-state index contributed by atoms with van der Waals surface area (Å²) in [7, 11) is 0. The fraction of sp³-hybridized carbons (Fsp3) is 0.625. The first kappa shape index (κ1) is 15.4. The third-order valence-corrected chi connectivity index (χ3v) is 4.49. The lowest BCUT2D eigenvalue weighted by molar-refractivity contribution is -0.137. The highest BCUT2D eigenvalue weighted by molar-refractivity contribution is 5.37. The molecule has 4 heteroatoms. The molecule has 1 aromatic rings. The molecule has 0 heterocycles. The van der Waals surface area contributed by atoms with Crippen LogP contribution in [0.1, 0.15) is 55.7 Å². The molecule has 2 unspecified atom stereocenters. The summed E-state index contributed by atoms with van der Waals surface area (Å²) in [6, 6.07) is 3.96. The number of nitrogens with two attached hydrogens (primary N) is 1. The Morgan fingerprint density at radius 2 is 1.90 bits per heavy atom. The lowest BCUT2D eigenvalue weighted by Gasteiger charge is -2.31. The highest BCUT2D eigenvalue weighted by Gasteiger charge is 2.34. The molecule has 0 spiro atoms. The largest absolute Gasteiger partial charge is 0.416 e. The summed E-state index contributed by atoms with van der Waals surface area (Å²) in [6.07, 6.45) is 0.640. The molecular formula is C16H22F3N. The van der Waals surface area contributed by atoms with Crippen molar-refractivity contribution in [1.82, 2.24) is 0 Å². The van der Waals surface area contributed by atoms with Gasteiger partial charge in [-0.05, 0) is 55.4 Å². The van der Waals surface area contributed by atoms with Gasteiger partial charge in [0.1, 0.15) is 0 Å². The van der Waals surface area contributed by atoms with E-state index in [2.05, 4.69) is 6.92 Å². The van der Waals surface area contributed by atoms with E-state index < -0.39 is 17.3 Å². The zero-order chi connectivity index (χ0) is 15.0. The highest BCUT2D eigenvalue weighted by atomic mass is 19.4. The molecule has 0 radical (unpaired) electrons. The lowest BCUT2D eigenvalue weighted by atomic mass is 9.81. The summed E-state index contributed by atoms with van der Waals surface area (Å²) in [5.41, 5.74) is 6.98. The van der Waals surface area contributed by atoms with Crippen LogP contribution < -0.4 is 5.73 Å². The minimum absolute atomic E-state index is 0.473. The molecule has 2 atom stereocenters. The average Bonchev–Trinajstić information content (AvgIpc) is 2.51. The highest BCUT2D eigenvalue weighted by Crippen LogP contribution is 2.39. The third-order valence-electron chi connectivity index (χ3n) is 4.49. The van der Waals surface area contributed by atoms with Gasteiger partial charge in [-0.1, -0.05) is 25.8 Å². The molecule has 0 aromatic heterocycles. The standard InChI is InChI=1S/C16H22F3N/c1-11-4-3-8-15(20,9-7-11)14-6-5-13(10-12(14)2)16(17,18)19/h5-6,10-11H,3-4,7-9,20H2,1-2H3. The molecule has 112 valence electrons. The molecule has 2 N–H and O–H groups in total. The first-order valence-electron chi connectivity index (χ1n) is 7.19. The fourth-order valence-electron chi connectivity index (χ4n) is 3.21. The van der Waals surface area contributed by atoms with Crippen molar-refractivity contribution in [2.75, 3.05) is 0 Å². The number of aryl methyl sites for hydroxylation is 1. The Labute approximate surface area is 118 Å². The number of alkyl halides is 3. The zero-order valence-electron chi connectivity index (χ0n) is 12.1. The maximum atomic E-state index is 12.7. The van der Waals surface area contributed by atoms with Crippen molar-refractivity contribution >= 4 is 0 Å². The van der Waals surface area contributed by atoms with Gasteiger partial charge in [-0.3, -0.25) is 0 Å². The van der Waals surface area contributed by atoms with Gasteiger partial charge in [-0.2, -0.15) is 13.2 Å². The van der Waals surface area contributed by atoms with Crippen LogP contribution in [-0.4, -0.2) is 0 Å². The summed E-state index contributed by atoms with van der Waals surface area (Å²) in [5, 5.41) is 0. The van der Waals surface area contributed by atoms with Crippen LogP contribution in [0.25, 0.3) is 0 Å². The molecule has 2 rings (SSSR count). The second kappa shape index (κ2) is 5.40. The van der Waals surface area contributed by atoms with Crippen LogP contribution in [0.4, 0.5) is 13.2 Å². The van der Waals surface area contributed by atoms with E-state index >= 15 is 0 Å². The van der Waals surface area contributed by atoms with Crippen molar-refractivity contribution in [1.29, 1.82) is 0 Å². The van der Waals surface area contributed by atoms with Gasteiger partial charge in [-0.15, -0.1) is 0 Å². The summed E-state index contributed by atoms with van der Waals surface area (Å²) in [5.74, 6) is 0.648. The third kappa shape index (κ3) is 3.17. The molecule has 1 aromatic carbocycles.